The van der Waals surface area contributed by atoms with Gasteiger partial charge < -0.3 is 14.6 Å². The number of benzene rings is 2. The van der Waals surface area contributed by atoms with Gasteiger partial charge in [-0.1, -0.05) is 18.2 Å². The van der Waals surface area contributed by atoms with Gasteiger partial charge in [-0.2, -0.15) is 0 Å². The number of imidazole rings is 1. The van der Waals surface area contributed by atoms with Gasteiger partial charge in [0.25, 0.3) is 0 Å². The lowest BCUT2D eigenvalue weighted by Crippen LogP contribution is -2.31. The normalized spacial score (nSPS) is 11.9. The van der Waals surface area contributed by atoms with Gasteiger partial charge in [-0.15, -0.1) is 0 Å². The molecule has 1 heterocycles. The van der Waals surface area contributed by atoms with Crippen LogP contribution in [0.15, 0.2) is 54.9 Å². The molecule has 0 aliphatic heterocycles. The molecule has 0 aliphatic carbocycles. The maximum Gasteiger partial charge on any atom is 0.221 e. The van der Waals surface area contributed by atoms with E-state index in [1.54, 1.807) is 42.2 Å². The van der Waals surface area contributed by atoms with Crippen LogP contribution in [0.5, 0.6) is 5.75 Å². The maximum absolute atomic E-state index is 13.8. The summed E-state index contributed by atoms with van der Waals surface area (Å²) in [6, 6.07) is 10.1. The second kappa shape index (κ2) is 8.65. The van der Waals surface area contributed by atoms with Crippen LogP contribution in [-0.4, -0.2) is 22.6 Å². The summed E-state index contributed by atoms with van der Waals surface area (Å²) >= 11 is 0. The lowest BCUT2D eigenvalue weighted by molar-refractivity contribution is -0.121. The Balaban J connectivity index is 1.73. The molecule has 0 saturated heterocycles. The predicted molar refractivity (Wildman–Crippen MR) is 101 cm³/mol. The number of nitrogens with zero attached hydrogens (tertiary/aromatic N) is 2. The molecule has 1 amide bonds. The van der Waals surface area contributed by atoms with Crippen molar-refractivity contribution >= 4 is 5.91 Å². The van der Waals surface area contributed by atoms with E-state index in [1.807, 2.05) is 0 Å². The average Bonchev–Trinajstić information content (AvgIpc) is 3.10. The molecule has 146 valence electrons. The van der Waals surface area contributed by atoms with Crippen molar-refractivity contribution in [3.8, 4) is 5.75 Å². The summed E-state index contributed by atoms with van der Waals surface area (Å²) in [7, 11) is 3.20. The van der Waals surface area contributed by atoms with Gasteiger partial charge in [0.2, 0.25) is 5.91 Å². The van der Waals surface area contributed by atoms with Crippen molar-refractivity contribution < 1.29 is 18.3 Å². The van der Waals surface area contributed by atoms with Crippen LogP contribution in [0.1, 0.15) is 29.4 Å². The molecule has 0 bridgehead atoms. The molecule has 1 aromatic heterocycles. The highest BCUT2D eigenvalue weighted by atomic mass is 19.1. The van der Waals surface area contributed by atoms with Crippen molar-refractivity contribution in [2.45, 2.75) is 18.9 Å². The summed E-state index contributed by atoms with van der Waals surface area (Å²) in [5.41, 5.74) is 1.28. The van der Waals surface area contributed by atoms with Crippen molar-refractivity contribution in [3.05, 3.63) is 83.4 Å². The SMILES string of the molecule is COc1ccc(CCC(=O)NC(c2cccc(F)c2)c2nccn2C)cc1F. The first-order valence-electron chi connectivity index (χ1n) is 8.82. The van der Waals surface area contributed by atoms with Crippen LogP contribution in [0.4, 0.5) is 8.78 Å². The van der Waals surface area contributed by atoms with E-state index in [9.17, 15) is 13.6 Å². The van der Waals surface area contributed by atoms with E-state index in [0.717, 1.165) is 0 Å². The molecule has 0 spiro atoms. The van der Waals surface area contributed by atoms with Gasteiger partial charge in [0, 0.05) is 25.9 Å². The van der Waals surface area contributed by atoms with Gasteiger partial charge in [-0.05, 0) is 41.8 Å². The standard InChI is InChI=1S/C21H21F2N3O2/c1-26-11-10-24-21(26)20(15-4-3-5-16(22)13-15)25-19(27)9-7-14-6-8-18(28-2)17(23)12-14/h3-6,8,10-13,20H,7,9H2,1-2H3,(H,25,27). The zero-order valence-electron chi connectivity index (χ0n) is 15.7. The minimum absolute atomic E-state index is 0.155. The number of carbonyl (C=O) groups is 1. The number of hydrogen-bond donors (Lipinski definition) is 1. The van der Waals surface area contributed by atoms with Crippen LogP contribution in [0, 0.1) is 11.6 Å². The highest BCUT2D eigenvalue weighted by Gasteiger charge is 2.21. The van der Waals surface area contributed by atoms with E-state index in [-0.39, 0.29) is 23.9 Å². The summed E-state index contributed by atoms with van der Waals surface area (Å²) in [5, 5.41) is 2.90. The van der Waals surface area contributed by atoms with Gasteiger partial charge >= 0.3 is 0 Å². The number of rotatable bonds is 7. The molecule has 28 heavy (non-hydrogen) atoms. The van der Waals surface area contributed by atoms with Crippen LogP contribution >= 0.6 is 0 Å². The lowest BCUT2D eigenvalue weighted by atomic mass is 10.0. The van der Waals surface area contributed by atoms with E-state index in [0.29, 0.717) is 23.4 Å². The average molecular weight is 385 g/mol. The first-order valence-corrected chi connectivity index (χ1v) is 8.82. The van der Waals surface area contributed by atoms with Crippen LogP contribution < -0.4 is 10.1 Å². The van der Waals surface area contributed by atoms with Gasteiger partial charge in [0.1, 0.15) is 17.7 Å². The minimum atomic E-state index is -0.587. The molecule has 2 aromatic carbocycles. The van der Waals surface area contributed by atoms with Gasteiger partial charge in [0.15, 0.2) is 11.6 Å². The van der Waals surface area contributed by atoms with E-state index in [1.165, 1.54) is 31.4 Å². The van der Waals surface area contributed by atoms with E-state index in [4.69, 9.17) is 4.74 Å². The molecule has 0 aliphatic rings. The van der Waals surface area contributed by atoms with Gasteiger partial charge in [-0.3, -0.25) is 4.79 Å². The number of halogens is 2. The fourth-order valence-electron chi connectivity index (χ4n) is 2.99. The second-order valence-electron chi connectivity index (χ2n) is 6.42. The summed E-state index contributed by atoms with van der Waals surface area (Å²) in [5.74, 6) is -0.345. The first-order chi connectivity index (χ1) is 13.5. The molecular weight excluding hydrogens is 364 g/mol. The summed E-state index contributed by atoms with van der Waals surface area (Å²) in [6.45, 7) is 0. The Bertz CT molecular complexity index is 972. The largest absolute Gasteiger partial charge is 0.494 e. The van der Waals surface area contributed by atoms with Crippen molar-refractivity contribution in [3.63, 3.8) is 0 Å². The Labute approximate surface area is 162 Å². The quantitative estimate of drug-likeness (QED) is 0.677. The maximum atomic E-state index is 13.8. The number of amides is 1. The van der Waals surface area contributed by atoms with Crippen LogP contribution in [0.25, 0.3) is 0 Å². The van der Waals surface area contributed by atoms with Crippen molar-refractivity contribution in [1.29, 1.82) is 0 Å². The Morgan fingerprint density at radius 3 is 2.71 bits per heavy atom. The monoisotopic (exact) mass is 385 g/mol. The molecule has 1 N–H and O–H groups in total. The smallest absolute Gasteiger partial charge is 0.221 e. The van der Waals surface area contributed by atoms with Crippen LogP contribution in [-0.2, 0) is 18.3 Å². The Hall–Kier alpha value is -3.22. The molecular formula is C21H21F2N3O2. The predicted octanol–water partition coefficient (Wildman–Crippen LogP) is 3.55. The van der Waals surface area contributed by atoms with Crippen molar-refractivity contribution in [2.75, 3.05) is 7.11 Å². The van der Waals surface area contributed by atoms with Crippen molar-refractivity contribution in [1.82, 2.24) is 14.9 Å². The lowest BCUT2D eigenvalue weighted by Gasteiger charge is -2.19. The van der Waals surface area contributed by atoms with Crippen LogP contribution in [0.2, 0.25) is 0 Å². The zero-order chi connectivity index (χ0) is 20.1. The third-order valence-corrected chi connectivity index (χ3v) is 4.46. The summed E-state index contributed by atoms with van der Waals surface area (Å²) in [6.07, 6.45) is 3.90. The summed E-state index contributed by atoms with van der Waals surface area (Å²) in [4.78, 5) is 16.8. The van der Waals surface area contributed by atoms with E-state index in [2.05, 4.69) is 10.3 Å². The highest BCUT2D eigenvalue weighted by molar-refractivity contribution is 5.77. The molecule has 3 aromatic rings. The number of carbonyl (C=O) groups excluding carboxylic acids is 1. The molecule has 1 atom stereocenters. The van der Waals surface area contributed by atoms with E-state index < -0.39 is 11.9 Å². The van der Waals surface area contributed by atoms with Gasteiger partial charge in [0.05, 0.1) is 7.11 Å². The van der Waals surface area contributed by atoms with E-state index >= 15 is 0 Å². The Kier molecular flexibility index (Phi) is 6.03. The first kappa shape index (κ1) is 19.5. The number of hydrogen-bond acceptors (Lipinski definition) is 3. The topological polar surface area (TPSA) is 56.1 Å². The molecule has 3 rings (SSSR count). The number of ether oxygens (including phenoxy) is 1. The Morgan fingerprint density at radius 1 is 1.25 bits per heavy atom. The third kappa shape index (κ3) is 4.54. The number of nitrogens with one attached hydrogen (secondary N) is 1. The molecule has 0 fully saturated rings. The van der Waals surface area contributed by atoms with Crippen LogP contribution in [0.3, 0.4) is 0 Å². The minimum Gasteiger partial charge on any atom is -0.494 e. The molecule has 0 saturated carbocycles. The summed E-state index contributed by atoms with van der Waals surface area (Å²) < 4.78 is 34.2. The van der Waals surface area contributed by atoms with Crippen molar-refractivity contribution in [2.24, 2.45) is 7.05 Å². The number of aryl methyl sites for hydroxylation is 2. The molecule has 7 heteroatoms. The fraction of sp³-hybridized carbons (Fsp3) is 0.238. The molecule has 1 unspecified atom stereocenters. The Morgan fingerprint density at radius 2 is 2.07 bits per heavy atom. The highest BCUT2D eigenvalue weighted by Crippen LogP contribution is 2.22. The number of aromatic nitrogens is 2. The molecule has 0 radical (unpaired) electrons. The number of methoxy groups -OCH3 is 1. The zero-order valence-corrected chi connectivity index (χ0v) is 15.7. The fourth-order valence-corrected chi connectivity index (χ4v) is 2.99. The molecule has 5 nitrogen and oxygen atoms in total. The third-order valence-electron chi connectivity index (χ3n) is 4.46. The second-order valence-corrected chi connectivity index (χ2v) is 6.42. The van der Waals surface area contributed by atoms with Gasteiger partial charge in [-0.25, -0.2) is 13.8 Å².